The second-order valence-corrected chi connectivity index (χ2v) is 3.55. The molecule has 3 N–H and O–H groups in total. The molecular formula is C12H14N4O2. The van der Waals surface area contributed by atoms with Crippen LogP contribution in [-0.4, -0.2) is 16.1 Å². The lowest BCUT2D eigenvalue weighted by Crippen LogP contribution is -2.24. The Labute approximate surface area is 105 Å². The number of anilines is 1. The molecule has 0 unspecified atom stereocenters. The molecular weight excluding hydrogens is 232 g/mol. The number of carbonyl (C=O) groups is 1. The van der Waals surface area contributed by atoms with Gasteiger partial charge in [-0.25, -0.2) is 9.78 Å². The van der Waals surface area contributed by atoms with Gasteiger partial charge in [-0.15, -0.1) is 0 Å². The molecule has 0 saturated heterocycles. The summed E-state index contributed by atoms with van der Waals surface area (Å²) in [6, 6.07) is 5.15. The van der Waals surface area contributed by atoms with Gasteiger partial charge in [-0.3, -0.25) is 5.43 Å². The van der Waals surface area contributed by atoms with Crippen molar-refractivity contribution >= 4 is 11.8 Å². The first kappa shape index (κ1) is 13.5. The van der Waals surface area contributed by atoms with Gasteiger partial charge in [0, 0.05) is 11.9 Å². The summed E-state index contributed by atoms with van der Waals surface area (Å²) < 4.78 is 0. The number of hydrogen-bond donors (Lipinski definition) is 3. The van der Waals surface area contributed by atoms with Crippen LogP contribution in [0.25, 0.3) is 0 Å². The first-order valence-electron chi connectivity index (χ1n) is 5.39. The first-order chi connectivity index (χ1) is 8.58. The normalized spacial score (nSPS) is 11.2. The maximum atomic E-state index is 10.8. The number of carboxylic acids is 1. The molecule has 1 aromatic rings. The van der Waals surface area contributed by atoms with Gasteiger partial charge in [0.1, 0.15) is 5.82 Å². The van der Waals surface area contributed by atoms with Crippen LogP contribution in [0.5, 0.6) is 0 Å². The van der Waals surface area contributed by atoms with Crippen molar-refractivity contribution in [1.29, 1.82) is 5.26 Å². The zero-order valence-corrected chi connectivity index (χ0v) is 10.2. The Balaban J connectivity index is 2.78. The molecule has 0 aliphatic rings. The average Bonchev–Trinajstić information content (AvgIpc) is 2.39. The third-order valence-corrected chi connectivity index (χ3v) is 2.36. The molecule has 0 saturated carbocycles. The Morgan fingerprint density at radius 3 is 2.89 bits per heavy atom. The Hall–Kier alpha value is -2.55. The Kier molecular flexibility index (Phi) is 4.69. The van der Waals surface area contributed by atoms with Gasteiger partial charge in [0.25, 0.3) is 0 Å². The fourth-order valence-electron chi connectivity index (χ4n) is 1.28. The lowest BCUT2D eigenvalue weighted by Gasteiger charge is -2.12. The molecule has 0 aliphatic carbocycles. The van der Waals surface area contributed by atoms with E-state index in [-0.39, 0.29) is 5.57 Å². The molecule has 0 bridgehead atoms. The van der Waals surface area contributed by atoms with Gasteiger partial charge in [0.2, 0.25) is 0 Å². The topological polar surface area (TPSA) is 98.0 Å². The Bertz CT molecular complexity index is 517. The van der Waals surface area contributed by atoms with Gasteiger partial charge >= 0.3 is 5.97 Å². The number of aliphatic carboxylic acids is 1. The number of allylic oxidation sites excluding steroid dienone is 1. The predicted octanol–water partition coefficient (Wildman–Crippen LogP) is 1.64. The van der Waals surface area contributed by atoms with E-state index in [4.69, 9.17) is 10.4 Å². The molecule has 0 radical (unpaired) electrons. The van der Waals surface area contributed by atoms with Crippen LogP contribution >= 0.6 is 0 Å². The van der Waals surface area contributed by atoms with Crippen molar-refractivity contribution in [2.75, 3.05) is 5.43 Å². The maximum absolute atomic E-state index is 10.8. The Morgan fingerprint density at radius 1 is 1.61 bits per heavy atom. The molecule has 0 spiro atoms. The summed E-state index contributed by atoms with van der Waals surface area (Å²) in [5, 5.41) is 17.6. The zero-order chi connectivity index (χ0) is 13.5. The number of pyridine rings is 1. The monoisotopic (exact) mass is 246 g/mol. The van der Waals surface area contributed by atoms with E-state index in [1.165, 1.54) is 13.1 Å². The van der Waals surface area contributed by atoms with Crippen LogP contribution in [0.4, 0.5) is 5.82 Å². The Morgan fingerprint density at radius 2 is 2.33 bits per heavy atom. The van der Waals surface area contributed by atoms with E-state index < -0.39 is 5.97 Å². The summed E-state index contributed by atoms with van der Waals surface area (Å²) in [4.78, 5) is 14.8. The van der Waals surface area contributed by atoms with Crippen LogP contribution in [0.15, 0.2) is 29.6 Å². The average molecular weight is 246 g/mol. The summed E-state index contributed by atoms with van der Waals surface area (Å²) in [6.07, 6.45) is 2.05. The van der Waals surface area contributed by atoms with Crippen LogP contribution in [0, 0.1) is 11.3 Å². The van der Waals surface area contributed by atoms with Gasteiger partial charge in [-0.05, 0) is 25.5 Å². The number of hydrazine groups is 1. The van der Waals surface area contributed by atoms with Crippen LogP contribution in [0.1, 0.15) is 25.8 Å². The first-order valence-corrected chi connectivity index (χ1v) is 5.39. The second-order valence-electron chi connectivity index (χ2n) is 3.55. The highest BCUT2D eigenvalue weighted by atomic mass is 16.4. The number of aromatic nitrogens is 1. The fourth-order valence-corrected chi connectivity index (χ4v) is 1.28. The summed E-state index contributed by atoms with van der Waals surface area (Å²) in [7, 11) is 0. The minimum absolute atomic E-state index is 0.237. The van der Waals surface area contributed by atoms with E-state index in [2.05, 4.69) is 15.8 Å². The highest BCUT2D eigenvalue weighted by Crippen LogP contribution is 2.08. The van der Waals surface area contributed by atoms with Gasteiger partial charge in [0.15, 0.2) is 0 Å². The quantitative estimate of drug-likeness (QED) is 0.539. The van der Waals surface area contributed by atoms with Crippen molar-refractivity contribution in [3.8, 4) is 6.07 Å². The lowest BCUT2D eigenvalue weighted by atomic mass is 10.2. The molecule has 0 aliphatic heterocycles. The molecule has 6 nitrogen and oxygen atoms in total. The van der Waals surface area contributed by atoms with Crippen molar-refractivity contribution in [1.82, 2.24) is 10.4 Å². The predicted molar refractivity (Wildman–Crippen MR) is 66.3 cm³/mol. The molecule has 0 aromatic carbocycles. The number of nitriles is 1. The number of rotatable bonds is 5. The maximum Gasteiger partial charge on any atom is 0.333 e. The molecule has 18 heavy (non-hydrogen) atoms. The van der Waals surface area contributed by atoms with Crippen molar-refractivity contribution in [2.45, 2.75) is 20.3 Å². The fraction of sp³-hybridized carbons (Fsp3) is 0.250. The molecule has 0 amide bonds. The van der Waals surface area contributed by atoms with Crippen molar-refractivity contribution < 1.29 is 9.90 Å². The lowest BCUT2D eigenvalue weighted by molar-refractivity contribution is -0.132. The van der Waals surface area contributed by atoms with E-state index in [0.29, 0.717) is 23.5 Å². The van der Waals surface area contributed by atoms with Crippen molar-refractivity contribution in [3.63, 3.8) is 0 Å². The second kappa shape index (κ2) is 6.25. The molecule has 1 aromatic heterocycles. The third-order valence-electron chi connectivity index (χ3n) is 2.36. The summed E-state index contributed by atoms with van der Waals surface area (Å²) >= 11 is 0. The number of carboxylic acid groups (broad SMARTS) is 1. The third kappa shape index (κ3) is 3.49. The van der Waals surface area contributed by atoms with E-state index in [0.717, 1.165) is 0 Å². The van der Waals surface area contributed by atoms with E-state index in [9.17, 15) is 4.79 Å². The van der Waals surface area contributed by atoms with Gasteiger partial charge in [-0.2, -0.15) is 5.26 Å². The SMILES string of the molecule is CC/C(NNc1cc(C#N)ccn1)=C(/C)C(=O)O. The number of hydrogen-bond acceptors (Lipinski definition) is 5. The van der Waals surface area contributed by atoms with Crippen molar-refractivity contribution in [3.05, 3.63) is 35.2 Å². The number of nitrogens with zero attached hydrogens (tertiary/aromatic N) is 2. The minimum Gasteiger partial charge on any atom is -0.478 e. The molecule has 1 heterocycles. The van der Waals surface area contributed by atoms with Gasteiger partial charge in [-0.1, -0.05) is 6.92 Å². The standard InChI is InChI=1S/C12H14N4O2/c1-3-10(8(2)12(17)18)15-16-11-6-9(7-13)4-5-14-11/h4-6,15H,3H2,1-2H3,(H,14,16)(H,17,18)/b10-8+. The van der Waals surface area contributed by atoms with Crippen LogP contribution in [0.3, 0.4) is 0 Å². The van der Waals surface area contributed by atoms with E-state index in [1.54, 1.807) is 12.1 Å². The minimum atomic E-state index is -0.972. The highest BCUT2D eigenvalue weighted by molar-refractivity contribution is 5.86. The van der Waals surface area contributed by atoms with Crippen LogP contribution in [0.2, 0.25) is 0 Å². The summed E-state index contributed by atoms with van der Waals surface area (Å²) in [5.74, 6) is -0.516. The van der Waals surface area contributed by atoms with Gasteiger partial charge < -0.3 is 10.5 Å². The largest absolute Gasteiger partial charge is 0.478 e. The van der Waals surface area contributed by atoms with Crippen LogP contribution < -0.4 is 10.9 Å². The molecule has 1 rings (SSSR count). The van der Waals surface area contributed by atoms with E-state index >= 15 is 0 Å². The summed E-state index contributed by atoms with van der Waals surface area (Å²) in [6.45, 7) is 3.37. The van der Waals surface area contributed by atoms with Crippen molar-refractivity contribution in [2.24, 2.45) is 0 Å². The van der Waals surface area contributed by atoms with Gasteiger partial charge in [0.05, 0.1) is 17.2 Å². The number of nitrogens with one attached hydrogen (secondary N) is 2. The molecule has 0 atom stereocenters. The highest BCUT2D eigenvalue weighted by Gasteiger charge is 2.07. The summed E-state index contributed by atoms with van der Waals surface area (Å²) in [5.41, 5.74) is 6.84. The molecule has 0 fully saturated rings. The molecule has 94 valence electrons. The smallest absolute Gasteiger partial charge is 0.333 e. The van der Waals surface area contributed by atoms with Crippen LogP contribution in [-0.2, 0) is 4.79 Å². The zero-order valence-electron chi connectivity index (χ0n) is 10.2. The van der Waals surface area contributed by atoms with E-state index in [1.807, 2.05) is 13.0 Å². The molecule has 6 heteroatoms.